The Balaban J connectivity index is 0.000000166. The number of aldehydes is 1. The first-order valence-electron chi connectivity index (χ1n) is 17.4. The van der Waals surface area contributed by atoms with E-state index in [4.69, 9.17) is 25.8 Å². The fourth-order valence-corrected chi connectivity index (χ4v) is 5.83. The Morgan fingerprint density at radius 2 is 1.75 bits per heavy atom. The van der Waals surface area contributed by atoms with Gasteiger partial charge in [0.15, 0.2) is 17.3 Å². The molecule has 0 bridgehead atoms. The molecular weight excluding hydrogens is 733 g/mol. The molecule has 284 valence electrons. The molecule has 4 aromatic carbocycles. The van der Waals surface area contributed by atoms with Gasteiger partial charge in [-0.15, -0.1) is 0 Å². The number of hydrogen-bond acceptors (Lipinski definition) is 8. The van der Waals surface area contributed by atoms with Gasteiger partial charge in [-0.05, 0) is 86.5 Å². The van der Waals surface area contributed by atoms with Gasteiger partial charge in [0.1, 0.15) is 29.3 Å². The van der Waals surface area contributed by atoms with Crippen LogP contribution >= 0.6 is 11.6 Å². The molecule has 0 aliphatic carbocycles. The van der Waals surface area contributed by atoms with Gasteiger partial charge in [0.2, 0.25) is 6.29 Å². The Kier molecular flexibility index (Phi) is 12.3. The average Bonchev–Trinajstić information content (AvgIpc) is 3.88. The quantitative estimate of drug-likeness (QED) is 0.148. The zero-order valence-corrected chi connectivity index (χ0v) is 31.2. The van der Waals surface area contributed by atoms with Crippen LogP contribution in [0, 0.1) is 24.4 Å². The van der Waals surface area contributed by atoms with Gasteiger partial charge in [0.05, 0.1) is 22.2 Å². The number of ether oxygens (including phenoxy) is 3. The predicted octanol–water partition coefficient (Wildman–Crippen LogP) is 9.61. The van der Waals surface area contributed by atoms with Crippen molar-refractivity contribution in [3.63, 3.8) is 0 Å². The number of aromatic amines is 2. The highest BCUT2D eigenvalue weighted by Gasteiger charge is 2.25. The lowest BCUT2D eigenvalue weighted by molar-refractivity contribution is -0.0375. The van der Waals surface area contributed by atoms with E-state index in [0.29, 0.717) is 56.8 Å². The molecule has 1 fully saturated rings. The van der Waals surface area contributed by atoms with Gasteiger partial charge in [0.25, 0.3) is 0 Å². The van der Waals surface area contributed by atoms with Crippen LogP contribution in [0.15, 0.2) is 85.2 Å². The summed E-state index contributed by atoms with van der Waals surface area (Å²) >= 11 is 5.48. The first-order chi connectivity index (χ1) is 26.5. The fraction of sp³-hybridized carbons (Fsp3) is 0.220. The Labute approximate surface area is 320 Å². The summed E-state index contributed by atoms with van der Waals surface area (Å²) in [6, 6.07) is 20.0. The van der Waals surface area contributed by atoms with Crippen LogP contribution < -0.4 is 14.8 Å². The molecule has 14 heteroatoms. The number of para-hydroxylation sites is 1. The van der Waals surface area contributed by atoms with Crippen LogP contribution in [0.5, 0.6) is 11.5 Å². The standard InChI is InChI=1S/C23H19F2N3O2.C9H7FN2O.C5H4ClN.C4H8O/c1-12-29-21-5-3-4-15(23(21)30-12)13-8-17(24)16(18(25)9-13)11-22-27-19-7-6-14(26-2)10-20(19)28-22;1-5-7-2-6(4-13)3-8(10)9(7)12-11-5;6-5-2-1-3-7-4-5;1-4-2-3-5-4/h3-10,12,26H,11H2,1-2H3,(H,27,28);2-4H,1H3,(H,11,12);1-4H;4H,2-3H2,1H3/t;;;4-/m...1/s1. The van der Waals surface area contributed by atoms with Crippen molar-refractivity contribution in [2.45, 2.75) is 46.0 Å². The number of carbonyl (C=O) groups excluding carboxylic acids is 1. The smallest absolute Gasteiger partial charge is 0.238 e. The van der Waals surface area contributed by atoms with Gasteiger partial charge in [-0.2, -0.15) is 5.10 Å². The maximum atomic E-state index is 14.9. The summed E-state index contributed by atoms with van der Waals surface area (Å²) in [6.07, 6.45) is 5.31. The number of imidazole rings is 1. The highest BCUT2D eigenvalue weighted by atomic mass is 35.5. The van der Waals surface area contributed by atoms with E-state index >= 15 is 0 Å². The van der Waals surface area contributed by atoms with E-state index in [9.17, 15) is 18.0 Å². The van der Waals surface area contributed by atoms with Crippen LogP contribution in [0.25, 0.3) is 33.1 Å². The number of fused-ring (bicyclic) bond motifs is 3. The molecule has 2 aliphatic heterocycles. The van der Waals surface area contributed by atoms with Gasteiger partial charge >= 0.3 is 0 Å². The average molecular weight is 771 g/mol. The fourth-order valence-electron chi connectivity index (χ4n) is 5.71. The molecule has 3 aromatic heterocycles. The molecule has 1 saturated heterocycles. The van der Waals surface area contributed by atoms with Gasteiger partial charge < -0.3 is 24.5 Å². The second kappa shape index (κ2) is 17.5. The Hall–Kier alpha value is -5.92. The number of H-pyrrole nitrogens is 2. The number of aromatic nitrogens is 5. The van der Waals surface area contributed by atoms with Crippen LogP contribution in [0.3, 0.4) is 0 Å². The third-order valence-electron chi connectivity index (χ3n) is 8.68. The summed E-state index contributed by atoms with van der Waals surface area (Å²) < 4.78 is 59.2. The zero-order chi connectivity index (χ0) is 39.1. The van der Waals surface area contributed by atoms with E-state index in [1.54, 1.807) is 62.6 Å². The summed E-state index contributed by atoms with van der Waals surface area (Å²) in [5.74, 6) is -0.182. The molecule has 1 unspecified atom stereocenters. The maximum Gasteiger partial charge on any atom is 0.238 e. The van der Waals surface area contributed by atoms with E-state index < -0.39 is 23.7 Å². The van der Waals surface area contributed by atoms with E-state index in [1.165, 1.54) is 24.6 Å². The number of aryl methyl sites for hydroxylation is 1. The number of rotatable bonds is 5. The Bertz CT molecular complexity index is 2400. The number of pyridine rings is 1. The third-order valence-corrected chi connectivity index (χ3v) is 8.91. The van der Waals surface area contributed by atoms with E-state index in [2.05, 4.69) is 37.4 Å². The number of carbonyl (C=O) groups is 1. The Morgan fingerprint density at radius 1 is 0.982 bits per heavy atom. The number of nitrogens with one attached hydrogen (secondary N) is 3. The van der Waals surface area contributed by atoms with Gasteiger partial charge in [-0.3, -0.25) is 14.9 Å². The molecule has 5 heterocycles. The van der Waals surface area contributed by atoms with Crippen molar-refractivity contribution in [2.75, 3.05) is 19.0 Å². The number of nitrogens with zero attached hydrogens (tertiary/aromatic N) is 3. The summed E-state index contributed by atoms with van der Waals surface area (Å²) in [5, 5.41) is 10.8. The van der Waals surface area contributed by atoms with Crippen molar-refractivity contribution < 1.29 is 32.2 Å². The topological polar surface area (TPSA) is 127 Å². The molecule has 55 heavy (non-hydrogen) atoms. The van der Waals surface area contributed by atoms with Crippen molar-refractivity contribution in [3.8, 4) is 22.6 Å². The summed E-state index contributed by atoms with van der Waals surface area (Å²) in [7, 11) is 1.82. The first kappa shape index (κ1) is 38.8. The molecule has 7 aromatic rings. The SMILES string of the molecule is CNc1ccc2nc(Cc3c(F)cc(-c4cccc5c4OC(C)O5)cc3F)[nH]c2c1.C[C@@H]1CCO1.Cc1[nH]nc2c(F)cc(C=O)cc12.Clc1cccnc1. The molecule has 0 radical (unpaired) electrons. The van der Waals surface area contributed by atoms with E-state index in [0.717, 1.165) is 29.0 Å². The molecular formula is C41H38ClF3N6O4. The molecule has 3 N–H and O–H groups in total. The Morgan fingerprint density at radius 3 is 2.36 bits per heavy atom. The minimum absolute atomic E-state index is 0.0189. The van der Waals surface area contributed by atoms with Crippen molar-refractivity contribution >= 4 is 45.5 Å². The summed E-state index contributed by atoms with van der Waals surface area (Å²) in [6.45, 7) is 6.62. The maximum absolute atomic E-state index is 14.9. The van der Waals surface area contributed by atoms with Gasteiger partial charge in [-0.1, -0.05) is 23.7 Å². The van der Waals surface area contributed by atoms with Crippen molar-refractivity contribution in [1.82, 2.24) is 25.1 Å². The lowest BCUT2D eigenvalue weighted by Gasteiger charge is -2.20. The lowest BCUT2D eigenvalue weighted by Crippen LogP contribution is -2.22. The zero-order valence-electron chi connectivity index (χ0n) is 30.4. The van der Waals surface area contributed by atoms with Crippen LogP contribution in [-0.4, -0.2) is 57.5 Å². The van der Waals surface area contributed by atoms with Gasteiger partial charge in [-0.25, -0.2) is 18.2 Å². The largest absolute Gasteiger partial charge is 0.451 e. The third kappa shape index (κ3) is 9.42. The van der Waals surface area contributed by atoms with E-state index in [-0.39, 0.29) is 17.5 Å². The second-order valence-electron chi connectivity index (χ2n) is 12.7. The van der Waals surface area contributed by atoms with Crippen LogP contribution in [0.2, 0.25) is 5.02 Å². The molecule has 0 saturated carbocycles. The highest BCUT2D eigenvalue weighted by Crippen LogP contribution is 2.43. The molecule has 2 atom stereocenters. The normalized spacial score (nSPS) is 15.1. The van der Waals surface area contributed by atoms with E-state index in [1.807, 2.05) is 25.2 Å². The monoisotopic (exact) mass is 770 g/mol. The molecule has 0 spiro atoms. The van der Waals surface area contributed by atoms with Crippen molar-refractivity contribution in [2.24, 2.45) is 0 Å². The van der Waals surface area contributed by atoms with Crippen molar-refractivity contribution in [3.05, 3.63) is 130 Å². The molecule has 0 amide bonds. The van der Waals surface area contributed by atoms with Gasteiger partial charge in [0, 0.05) is 72.9 Å². The summed E-state index contributed by atoms with van der Waals surface area (Å²) in [4.78, 5) is 21.8. The molecule has 9 rings (SSSR count). The number of hydrogen-bond donors (Lipinski definition) is 3. The molecule has 2 aliphatic rings. The number of anilines is 1. The highest BCUT2D eigenvalue weighted by molar-refractivity contribution is 6.30. The van der Waals surface area contributed by atoms with Crippen LogP contribution in [0.4, 0.5) is 18.9 Å². The minimum Gasteiger partial charge on any atom is -0.451 e. The first-order valence-corrected chi connectivity index (χ1v) is 17.8. The molecule has 10 nitrogen and oxygen atoms in total. The predicted molar refractivity (Wildman–Crippen MR) is 206 cm³/mol. The second-order valence-corrected chi connectivity index (χ2v) is 13.1. The van der Waals surface area contributed by atoms with Crippen LogP contribution in [0.1, 0.15) is 47.7 Å². The van der Waals surface area contributed by atoms with Crippen LogP contribution in [-0.2, 0) is 11.2 Å². The minimum atomic E-state index is -0.633. The lowest BCUT2D eigenvalue weighted by atomic mass is 10.00. The van der Waals surface area contributed by atoms with Crippen molar-refractivity contribution in [1.29, 1.82) is 0 Å². The number of halogens is 4. The summed E-state index contributed by atoms with van der Waals surface area (Å²) in [5.41, 5.74) is 4.79. The number of benzene rings is 4.